The average Bonchev–Trinajstić information content (AvgIpc) is 2.25. The maximum Gasteiger partial charge on any atom is 0.162 e. The van der Waals surface area contributed by atoms with Gasteiger partial charge in [0, 0.05) is 6.54 Å². The molecular weight excluding hydrogens is 196 g/mol. The van der Waals surface area contributed by atoms with E-state index in [1.165, 1.54) is 6.07 Å². The summed E-state index contributed by atoms with van der Waals surface area (Å²) in [4.78, 5) is 0. The lowest BCUT2D eigenvalue weighted by Gasteiger charge is -2.36. The van der Waals surface area contributed by atoms with Gasteiger partial charge in [-0.15, -0.1) is 0 Å². The molecule has 15 heavy (non-hydrogen) atoms. The van der Waals surface area contributed by atoms with Gasteiger partial charge in [-0.25, -0.2) is 8.78 Å². The van der Waals surface area contributed by atoms with Crippen LogP contribution in [0.5, 0.6) is 0 Å². The van der Waals surface area contributed by atoms with Gasteiger partial charge in [-0.05, 0) is 48.4 Å². The van der Waals surface area contributed by atoms with E-state index in [-0.39, 0.29) is 0 Å². The lowest BCUT2D eigenvalue weighted by molar-refractivity contribution is 0.310. The predicted octanol–water partition coefficient (Wildman–Crippen LogP) is 2.21. The smallest absolute Gasteiger partial charge is 0.162 e. The van der Waals surface area contributed by atoms with E-state index in [1.807, 2.05) is 0 Å². The Morgan fingerprint density at radius 3 is 2.93 bits per heavy atom. The highest BCUT2D eigenvalue weighted by molar-refractivity contribution is 5.36. The van der Waals surface area contributed by atoms with Crippen LogP contribution in [-0.2, 0) is 6.42 Å². The molecule has 2 bridgehead atoms. The second kappa shape index (κ2) is 3.27. The summed E-state index contributed by atoms with van der Waals surface area (Å²) >= 11 is 0. The van der Waals surface area contributed by atoms with Gasteiger partial charge < -0.3 is 5.32 Å². The van der Waals surface area contributed by atoms with Crippen molar-refractivity contribution in [1.82, 2.24) is 5.32 Å². The van der Waals surface area contributed by atoms with Gasteiger partial charge in [-0.2, -0.15) is 0 Å². The fourth-order valence-electron chi connectivity index (χ4n) is 2.91. The molecule has 2 aliphatic rings. The first-order valence-corrected chi connectivity index (χ1v) is 5.43. The monoisotopic (exact) mass is 209 g/mol. The Kier molecular flexibility index (Phi) is 2.02. The van der Waals surface area contributed by atoms with Crippen molar-refractivity contribution in [2.75, 3.05) is 13.1 Å². The van der Waals surface area contributed by atoms with Crippen LogP contribution >= 0.6 is 0 Å². The van der Waals surface area contributed by atoms with E-state index in [0.717, 1.165) is 25.1 Å². The third-order valence-corrected chi connectivity index (χ3v) is 3.61. The lowest BCUT2D eigenvalue weighted by Crippen LogP contribution is -2.39. The Morgan fingerprint density at radius 1 is 1.20 bits per heavy atom. The second-order valence-corrected chi connectivity index (χ2v) is 4.59. The van der Waals surface area contributed by atoms with E-state index in [9.17, 15) is 8.78 Å². The molecule has 1 aromatic rings. The first-order valence-electron chi connectivity index (χ1n) is 5.43. The molecule has 0 spiro atoms. The average molecular weight is 209 g/mol. The maximum atomic E-state index is 13.6. The van der Waals surface area contributed by atoms with E-state index < -0.39 is 11.6 Å². The summed E-state index contributed by atoms with van der Waals surface area (Å²) in [6.07, 6.45) is 1.80. The van der Waals surface area contributed by atoms with Gasteiger partial charge in [0.25, 0.3) is 0 Å². The van der Waals surface area contributed by atoms with Crippen LogP contribution in [0.15, 0.2) is 12.1 Å². The fourth-order valence-corrected chi connectivity index (χ4v) is 2.91. The topological polar surface area (TPSA) is 12.0 Å². The van der Waals surface area contributed by atoms with E-state index in [4.69, 9.17) is 0 Å². The Bertz CT molecular complexity index is 403. The molecule has 0 saturated carbocycles. The van der Waals surface area contributed by atoms with Crippen molar-refractivity contribution in [2.45, 2.75) is 18.8 Å². The summed E-state index contributed by atoms with van der Waals surface area (Å²) in [5.41, 5.74) is 1.63. The van der Waals surface area contributed by atoms with Crippen molar-refractivity contribution in [1.29, 1.82) is 0 Å². The van der Waals surface area contributed by atoms with E-state index in [0.29, 0.717) is 23.8 Å². The predicted molar refractivity (Wildman–Crippen MR) is 53.8 cm³/mol. The number of benzene rings is 1. The van der Waals surface area contributed by atoms with Crippen LogP contribution in [0.4, 0.5) is 8.78 Å². The van der Waals surface area contributed by atoms with Crippen molar-refractivity contribution in [3.05, 3.63) is 34.9 Å². The van der Waals surface area contributed by atoms with Gasteiger partial charge in [0.2, 0.25) is 0 Å². The van der Waals surface area contributed by atoms with Crippen molar-refractivity contribution in [3.8, 4) is 0 Å². The number of hydrogen-bond donors (Lipinski definition) is 1. The second-order valence-electron chi connectivity index (χ2n) is 4.59. The zero-order valence-electron chi connectivity index (χ0n) is 8.39. The van der Waals surface area contributed by atoms with Gasteiger partial charge >= 0.3 is 0 Å². The summed E-state index contributed by atoms with van der Waals surface area (Å²) < 4.78 is 26.7. The molecular formula is C12H13F2N. The Labute approximate surface area is 87.5 Å². The minimum Gasteiger partial charge on any atom is -0.316 e. The highest BCUT2D eigenvalue weighted by Gasteiger charge is 2.32. The van der Waals surface area contributed by atoms with Gasteiger partial charge in [0.15, 0.2) is 11.6 Å². The molecule has 0 radical (unpaired) electrons. The Hall–Kier alpha value is -0.960. The van der Waals surface area contributed by atoms with Crippen LogP contribution in [0.1, 0.15) is 23.5 Å². The lowest BCUT2D eigenvalue weighted by atomic mass is 9.74. The quantitative estimate of drug-likeness (QED) is 0.690. The number of piperidine rings is 1. The molecule has 1 fully saturated rings. The van der Waals surface area contributed by atoms with Gasteiger partial charge in [-0.3, -0.25) is 0 Å². The molecule has 1 N–H and O–H groups in total. The molecule has 0 amide bonds. The molecule has 1 aliphatic heterocycles. The molecule has 2 atom stereocenters. The molecule has 1 aromatic carbocycles. The largest absolute Gasteiger partial charge is 0.316 e. The van der Waals surface area contributed by atoms with Gasteiger partial charge in [0.05, 0.1) is 0 Å². The van der Waals surface area contributed by atoms with Crippen LogP contribution in [0.3, 0.4) is 0 Å². The minimum atomic E-state index is -0.707. The highest BCUT2D eigenvalue weighted by atomic mass is 19.2. The third kappa shape index (κ3) is 1.37. The molecule has 1 aliphatic carbocycles. The molecule has 80 valence electrons. The molecule has 1 saturated heterocycles. The van der Waals surface area contributed by atoms with E-state index in [1.54, 1.807) is 6.07 Å². The number of halogens is 2. The Balaban J connectivity index is 2.12. The maximum absolute atomic E-state index is 13.6. The van der Waals surface area contributed by atoms with Crippen molar-refractivity contribution >= 4 is 0 Å². The van der Waals surface area contributed by atoms with Crippen LogP contribution in [0.2, 0.25) is 0 Å². The van der Waals surface area contributed by atoms with Crippen molar-refractivity contribution < 1.29 is 8.78 Å². The Morgan fingerprint density at radius 2 is 2.07 bits per heavy atom. The van der Waals surface area contributed by atoms with Gasteiger partial charge in [0.1, 0.15) is 0 Å². The number of hydrogen-bond acceptors (Lipinski definition) is 1. The molecule has 1 nitrogen and oxygen atoms in total. The van der Waals surface area contributed by atoms with Crippen LogP contribution < -0.4 is 5.32 Å². The summed E-state index contributed by atoms with van der Waals surface area (Å²) in [6, 6.07) is 3.00. The van der Waals surface area contributed by atoms with Crippen molar-refractivity contribution in [3.63, 3.8) is 0 Å². The van der Waals surface area contributed by atoms with E-state index >= 15 is 0 Å². The summed E-state index contributed by atoms with van der Waals surface area (Å²) in [7, 11) is 0. The molecule has 0 unspecified atom stereocenters. The number of fused-ring (bicyclic) bond motifs is 4. The van der Waals surface area contributed by atoms with Crippen LogP contribution in [0, 0.1) is 17.6 Å². The molecule has 0 aromatic heterocycles. The highest BCUT2D eigenvalue weighted by Crippen LogP contribution is 2.38. The summed E-state index contributed by atoms with van der Waals surface area (Å²) in [5.74, 6) is -0.471. The first kappa shape index (κ1) is 9.28. The third-order valence-electron chi connectivity index (χ3n) is 3.61. The first-order chi connectivity index (χ1) is 7.25. The normalized spacial score (nSPS) is 28.7. The molecule has 1 heterocycles. The number of nitrogens with one attached hydrogen (secondary N) is 1. The van der Waals surface area contributed by atoms with Crippen molar-refractivity contribution in [2.24, 2.45) is 5.92 Å². The number of rotatable bonds is 0. The van der Waals surface area contributed by atoms with Gasteiger partial charge in [-0.1, -0.05) is 6.07 Å². The standard InChI is InChI=1S/C12H13F2N/c13-11-2-1-9-8-3-7(5-15-6-8)4-10(9)12(11)14/h1-2,7-8,15H,3-6H2/t7-,8-/m1/s1. The SMILES string of the molecule is Fc1ccc2c(c1F)C[C@@H]1CNC[C@H]2C1. The zero-order chi connectivity index (χ0) is 10.4. The molecule has 3 rings (SSSR count). The van der Waals surface area contributed by atoms with Crippen LogP contribution in [-0.4, -0.2) is 13.1 Å². The fraction of sp³-hybridized carbons (Fsp3) is 0.500. The zero-order valence-corrected chi connectivity index (χ0v) is 8.39. The molecule has 3 heteroatoms. The van der Waals surface area contributed by atoms with Crippen LogP contribution in [0.25, 0.3) is 0 Å². The summed E-state index contributed by atoms with van der Waals surface area (Å²) in [6.45, 7) is 1.83. The minimum absolute atomic E-state index is 0.377. The van der Waals surface area contributed by atoms with E-state index in [2.05, 4.69) is 5.32 Å². The summed E-state index contributed by atoms with van der Waals surface area (Å²) in [5, 5.41) is 3.35.